The van der Waals surface area contributed by atoms with E-state index in [2.05, 4.69) is 54.7 Å². The fourth-order valence-electron chi connectivity index (χ4n) is 3.35. The molecule has 5 nitrogen and oxygen atoms in total. The van der Waals surface area contributed by atoms with Crippen molar-refractivity contribution < 1.29 is 0 Å². The van der Waals surface area contributed by atoms with Gasteiger partial charge in [-0.05, 0) is 26.3 Å². The number of rotatable bonds is 5. The summed E-state index contributed by atoms with van der Waals surface area (Å²) in [6.07, 6.45) is 3.67. The van der Waals surface area contributed by atoms with Crippen LogP contribution in [-0.4, -0.2) is 53.3 Å². The van der Waals surface area contributed by atoms with Crippen LogP contribution in [0.5, 0.6) is 0 Å². The van der Waals surface area contributed by atoms with E-state index in [9.17, 15) is 0 Å². The minimum absolute atomic E-state index is 0.186. The van der Waals surface area contributed by atoms with Crippen LogP contribution in [-0.2, 0) is 0 Å². The summed E-state index contributed by atoms with van der Waals surface area (Å²) >= 11 is 0. The quantitative estimate of drug-likeness (QED) is 0.708. The Morgan fingerprint density at radius 3 is 1.42 bits per heavy atom. The minimum Gasteiger partial charge on any atom is -0.275 e. The molecule has 5 heteroatoms. The topological polar surface area (TPSA) is 57.3 Å². The molecule has 0 aromatic heterocycles. The standard InChI is InChI=1S/C14H25N5/c1-5-12-17(4)13(6-2)19(11-9-16)14(7-3)18(12)10-8-15/h12-14H,5-7,10-11H2,1-4H3/t12-,13?,14?/m0/s1. The number of hydrogen-bond donors (Lipinski definition) is 0. The first-order valence-corrected chi connectivity index (χ1v) is 7.13. The Balaban J connectivity index is 3.10. The third-order valence-electron chi connectivity index (χ3n) is 4.07. The monoisotopic (exact) mass is 263 g/mol. The molecule has 0 N–H and O–H groups in total. The minimum atomic E-state index is 0.186. The molecule has 3 atom stereocenters. The Morgan fingerprint density at radius 1 is 0.789 bits per heavy atom. The van der Waals surface area contributed by atoms with Gasteiger partial charge in [-0.3, -0.25) is 14.7 Å². The molecule has 0 bridgehead atoms. The Morgan fingerprint density at radius 2 is 1.16 bits per heavy atom. The molecule has 106 valence electrons. The zero-order valence-corrected chi connectivity index (χ0v) is 12.5. The highest BCUT2D eigenvalue weighted by atomic mass is 15.6. The van der Waals surface area contributed by atoms with Crippen molar-refractivity contribution in [3.8, 4) is 12.1 Å². The SMILES string of the molecule is CCC1N(CC#N)C(CC)N(CC#N)[C@@H](CC)N1C. The summed E-state index contributed by atoms with van der Waals surface area (Å²) in [5, 5.41) is 18.2. The molecule has 1 fully saturated rings. The van der Waals surface area contributed by atoms with Gasteiger partial charge in [0, 0.05) is 0 Å². The van der Waals surface area contributed by atoms with E-state index in [1.165, 1.54) is 0 Å². The Labute approximate surface area is 117 Å². The molecule has 1 aliphatic heterocycles. The highest BCUT2D eigenvalue weighted by Gasteiger charge is 2.41. The van der Waals surface area contributed by atoms with E-state index in [4.69, 9.17) is 10.5 Å². The van der Waals surface area contributed by atoms with Crippen LogP contribution >= 0.6 is 0 Å². The number of hydrogen-bond acceptors (Lipinski definition) is 5. The predicted octanol–water partition coefficient (Wildman–Crippen LogP) is 1.79. The molecule has 1 heterocycles. The first-order valence-electron chi connectivity index (χ1n) is 7.13. The van der Waals surface area contributed by atoms with Gasteiger partial charge in [0.15, 0.2) is 0 Å². The summed E-state index contributed by atoms with van der Waals surface area (Å²) in [4.78, 5) is 6.76. The van der Waals surface area contributed by atoms with E-state index in [1.807, 2.05) is 0 Å². The van der Waals surface area contributed by atoms with E-state index >= 15 is 0 Å². The van der Waals surface area contributed by atoms with Crippen molar-refractivity contribution in [2.24, 2.45) is 0 Å². The zero-order chi connectivity index (χ0) is 14.4. The molecule has 0 aromatic rings. The molecule has 0 aliphatic carbocycles. The molecule has 1 aliphatic rings. The largest absolute Gasteiger partial charge is 0.275 e. The summed E-state index contributed by atoms with van der Waals surface area (Å²) in [5.74, 6) is 0. The molecule has 1 rings (SSSR count). The maximum Gasteiger partial charge on any atom is 0.0891 e. The maximum absolute atomic E-state index is 9.08. The van der Waals surface area contributed by atoms with Gasteiger partial charge in [-0.2, -0.15) is 10.5 Å². The highest BCUT2D eigenvalue weighted by molar-refractivity contribution is 4.95. The Bertz CT molecular complexity index is 324. The first kappa shape index (κ1) is 15.9. The van der Waals surface area contributed by atoms with Gasteiger partial charge in [-0.15, -0.1) is 0 Å². The molecule has 0 spiro atoms. The molecule has 19 heavy (non-hydrogen) atoms. The van der Waals surface area contributed by atoms with Gasteiger partial charge in [-0.1, -0.05) is 20.8 Å². The summed E-state index contributed by atoms with van der Waals surface area (Å²) in [6.45, 7) is 7.28. The number of nitriles is 2. The third-order valence-corrected chi connectivity index (χ3v) is 4.07. The van der Waals surface area contributed by atoms with E-state index in [0.717, 1.165) is 19.3 Å². The van der Waals surface area contributed by atoms with E-state index < -0.39 is 0 Å². The molecule has 0 aromatic carbocycles. The molecule has 2 unspecified atom stereocenters. The Kier molecular flexibility index (Phi) is 6.24. The van der Waals surface area contributed by atoms with Crippen LogP contribution < -0.4 is 0 Å². The lowest BCUT2D eigenvalue weighted by molar-refractivity contribution is -0.157. The molecular weight excluding hydrogens is 238 g/mol. The predicted molar refractivity (Wildman–Crippen MR) is 74.6 cm³/mol. The lowest BCUT2D eigenvalue weighted by Crippen LogP contribution is -2.69. The van der Waals surface area contributed by atoms with Gasteiger partial charge in [-0.25, -0.2) is 0 Å². The normalized spacial score (nSPS) is 29.9. The summed E-state index contributed by atoms with van der Waals surface area (Å²) < 4.78 is 0. The third kappa shape index (κ3) is 3.06. The highest BCUT2D eigenvalue weighted by Crippen LogP contribution is 2.29. The lowest BCUT2D eigenvalue weighted by atomic mass is 10.1. The van der Waals surface area contributed by atoms with Crippen LogP contribution in [0.2, 0.25) is 0 Å². The van der Waals surface area contributed by atoms with Gasteiger partial charge < -0.3 is 0 Å². The summed E-state index contributed by atoms with van der Waals surface area (Å²) in [6, 6.07) is 4.54. The average Bonchev–Trinajstić information content (AvgIpc) is 2.40. The lowest BCUT2D eigenvalue weighted by Gasteiger charge is -2.55. The smallest absolute Gasteiger partial charge is 0.0891 e. The van der Waals surface area contributed by atoms with Crippen molar-refractivity contribution >= 4 is 0 Å². The van der Waals surface area contributed by atoms with Crippen molar-refractivity contribution in [1.82, 2.24) is 14.7 Å². The van der Waals surface area contributed by atoms with E-state index in [-0.39, 0.29) is 18.5 Å². The van der Waals surface area contributed by atoms with Gasteiger partial charge in [0.05, 0.1) is 43.7 Å². The van der Waals surface area contributed by atoms with Gasteiger partial charge in [0.25, 0.3) is 0 Å². The molecule has 0 radical (unpaired) electrons. The van der Waals surface area contributed by atoms with Crippen molar-refractivity contribution in [2.45, 2.75) is 58.5 Å². The van der Waals surface area contributed by atoms with Crippen molar-refractivity contribution in [2.75, 3.05) is 20.1 Å². The van der Waals surface area contributed by atoms with Gasteiger partial charge in [0.1, 0.15) is 0 Å². The molecule has 1 saturated heterocycles. The number of nitrogens with zero attached hydrogens (tertiary/aromatic N) is 5. The fraction of sp³-hybridized carbons (Fsp3) is 0.857. The molecular formula is C14H25N5. The zero-order valence-electron chi connectivity index (χ0n) is 12.5. The Hall–Kier alpha value is -1.14. The van der Waals surface area contributed by atoms with Gasteiger partial charge in [0.2, 0.25) is 0 Å². The van der Waals surface area contributed by atoms with Crippen LogP contribution in [0.4, 0.5) is 0 Å². The van der Waals surface area contributed by atoms with Gasteiger partial charge >= 0.3 is 0 Å². The second kappa shape index (κ2) is 7.45. The van der Waals surface area contributed by atoms with E-state index in [1.54, 1.807) is 0 Å². The van der Waals surface area contributed by atoms with Crippen molar-refractivity contribution in [3.05, 3.63) is 0 Å². The van der Waals surface area contributed by atoms with Crippen molar-refractivity contribution in [1.29, 1.82) is 10.5 Å². The summed E-state index contributed by atoms with van der Waals surface area (Å²) in [5.41, 5.74) is 0. The molecule has 0 saturated carbocycles. The summed E-state index contributed by atoms with van der Waals surface area (Å²) in [7, 11) is 2.10. The van der Waals surface area contributed by atoms with Crippen LogP contribution in [0.25, 0.3) is 0 Å². The fourth-order valence-corrected chi connectivity index (χ4v) is 3.35. The van der Waals surface area contributed by atoms with Crippen LogP contribution in [0.15, 0.2) is 0 Å². The second-order valence-corrected chi connectivity index (χ2v) is 4.99. The van der Waals surface area contributed by atoms with Crippen LogP contribution in [0.1, 0.15) is 40.0 Å². The van der Waals surface area contributed by atoms with Crippen LogP contribution in [0.3, 0.4) is 0 Å². The second-order valence-electron chi connectivity index (χ2n) is 4.99. The maximum atomic E-state index is 9.08. The first-order chi connectivity index (χ1) is 9.15. The van der Waals surface area contributed by atoms with Crippen LogP contribution in [0, 0.1) is 22.7 Å². The van der Waals surface area contributed by atoms with E-state index in [0.29, 0.717) is 13.1 Å². The van der Waals surface area contributed by atoms with Crippen molar-refractivity contribution in [3.63, 3.8) is 0 Å². The average molecular weight is 263 g/mol. The molecule has 0 amide bonds.